The van der Waals surface area contributed by atoms with E-state index >= 15 is 0 Å². The predicted molar refractivity (Wildman–Crippen MR) is 152 cm³/mol. The van der Waals surface area contributed by atoms with E-state index < -0.39 is 22.8 Å². The Morgan fingerprint density at radius 3 is 2.31 bits per heavy atom. The molecular formula is C31H42N4O4. The van der Waals surface area contributed by atoms with Crippen LogP contribution in [0.25, 0.3) is 0 Å². The summed E-state index contributed by atoms with van der Waals surface area (Å²) >= 11 is 0. The second-order valence-corrected chi connectivity index (χ2v) is 12.6. The van der Waals surface area contributed by atoms with Gasteiger partial charge in [0, 0.05) is 43.4 Å². The van der Waals surface area contributed by atoms with Crippen LogP contribution in [0.4, 0.5) is 4.79 Å². The number of benzene rings is 2. The molecule has 2 heterocycles. The van der Waals surface area contributed by atoms with Crippen LogP contribution in [-0.4, -0.2) is 51.9 Å². The third-order valence-corrected chi connectivity index (χ3v) is 7.60. The molecule has 1 unspecified atom stereocenters. The average molecular weight is 535 g/mol. The fraction of sp³-hybridized carbons (Fsp3) is 0.516. The van der Waals surface area contributed by atoms with E-state index in [1.165, 1.54) is 0 Å². The van der Waals surface area contributed by atoms with Gasteiger partial charge in [0.05, 0.1) is 11.6 Å². The molecule has 2 aliphatic heterocycles. The summed E-state index contributed by atoms with van der Waals surface area (Å²) in [5.41, 5.74) is 0.684. The summed E-state index contributed by atoms with van der Waals surface area (Å²) in [6.07, 6.45) is 0.483. The Balaban J connectivity index is 1.44. The molecule has 4 rings (SSSR count). The lowest BCUT2D eigenvalue weighted by Gasteiger charge is -2.45. The maximum absolute atomic E-state index is 13.3. The summed E-state index contributed by atoms with van der Waals surface area (Å²) in [5, 5.41) is 25.2. The highest BCUT2D eigenvalue weighted by Crippen LogP contribution is 2.42. The third-order valence-electron chi connectivity index (χ3n) is 7.60. The summed E-state index contributed by atoms with van der Waals surface area (Å²) in [6, 6.07) is 17.4. The number of ether oxygens (including phenoxy) is 1. The van der Waals surface area contributed by atoms with E-state index in [1.54, 1.807) is 18.7 Å². The van der Waals surface area contributed by atoms with Crippen LogP contribution in [0.5, 0.6) is 0 Å². The summed E-state index contributed by atoms with van der Waals surface area (Å²) in [7, 11) is 0. The highest BCUT2D eigenvalue weighted by molar-refractivity contribution is 6.38. The lowest BCUT2D eigenvalue weighted by molar-refractivity contribution is -0.116. The van der Waals surface area contributed by atoms with Crippen molar-refractivity contribution in [3.8, 4) is 0 Å². The minimum Gasteiger partial charge on any atom is -0.438 e. The molecule has 0 aliphatic carbocycles. The van der Waals surface area contributed by atoms with Crippen molar-refractivity contribution >= 4 is 17.7 Å². The van der Waals surface area contributed by atoms with Crippen molar-refractivity contribution in [1.29, 1.82) is 5.41 Å². The summed E-state index contributed by atoms with van der Waals surface area (Å²) in [5.74, 6) is -0.515. The van der Waals surface area contributed by atoms with Crippen LogP contribution in [0.2, 0.25) is 0 Å². The van der Waals surface area contributed by atoms with Crippen molar-refractivity contribution in [2.75, 3.05) is 13.1 Å². The Hall–Kier alpha value is -3.23. The maximum Gasteiger partial charge on any atom is 0.411 e. The Morgan fingerprint density at radius 1 is 1.15 bits per heavy atom. The first-order valence-corrected chi connectivity index (χ1v) is 13.7. The first kappa shape index (κ1) is 28.8. The van der Waals surface area contributed by atoms with Crippen LogP contribution in [0.1, 0.15) is 83.2 Å². The molecule has 2 saturated heterocycles. The van der Waals surface area contributed by atoms with Crippen molar-refractivity contribution < 1.29 is 19.4 Å². The summed E-state index contributed by atoms with van der Waals surface area (Å²) in [4.78, 5) is 27.6. The Bertz CT molecular complexity index is 1200. The first-order chi connectivity index (χ1) is 18.2. The molecule has 0 spiro atoms. The summed E-state index contributed by atoms with van der Waals surface area (Å²) < 4.78 is 6.13. The predicted octanol–water partition coefficient (Wildman–Crippen LogP) is 4.84. The van der Waals surface area contributed by atoms with E-state index in [-0.39, 0.29) is 29.6 Å². The Morgan fingerprint density at radius 2 is 1.79 bits per heavy atom. The lowest BCUT2D eigenvalue weighted by atomic mass is 9.80. The second kappa shape index (κ2) is 10.7. The number of hydrogen-bond acceptors (Lipinski definition) is 6. The normalized spacial score (nSPS) is 24.4. The number of carbonyl (C=O) groups is 2. The van der Waals surface area contributed by atoms with Gasteiger partial charge in [-0.05, 0) is 58.2 Å². The quantitative estimate of drug-likeness (QED) is 0.362. The van der Waals surface area contributed by atoms with Crippen LogP contribution in [0, 0.1) is 11.3 Å². The smallest absolute Gasteiger partial charge is 0.411 e. The van der Waals surface area contributed by atoms with Gasteiger partial charge in [-0.1, -0.05) is 54.6 Å². The van der Waals surface area contributed by atoms with Crippen molar-refractivity contribution in [2.45, 2.75) is 83.2 Å². The van der Waals surface area contributed by atoms with E-state index in [4.69, 9.17) is 10.1 Å². The number of aliphatic hydroxyl groups is 1. The van der Waals surface area contributed by atoms with Crippen LogP contribution in [0.3, 0.4) is 0 Å². The average Bonchev–Trinajstić information content (AvgIpc) is 2.82. The third kappa shape index (κ3) is 6.50. The van der Waals surface area contributed by atoms with Gasteiger partial charge in [0.1, 0.15) is 11.3 Å². The van der Waals surface area contributed by atoms with Gasteiger partial charge in [0.25, 0.3) is 5.91 Å². The van der Waals surface area contributed by atoms with E-state index in [0.29, 0.717) is 25.9 Å². The standard InChI is InChI=1S/C31H42N4O4/c1-20(35-17-16-31(39-28(35)37,19-30(5,6)38)23-10-8-7-9-11-23)21-12-14-22(15-13-21)26-24(18-33-26)25(32)27(36)34-29(2,3)4/h7-15,20,24,26,32-33,38H,16-19H2,1-6H3,(H,34,36)/t20-,24-,26?,31-/m0/s1. The van der Waals surface area contributed by atoms with Crippen molar-refractivity contribution in [3.05, 3.63) is 71.3 Å². The number of rotatable bonds is 8. The highest BCUT2D eigenvalue weighted by atomic mass is 16.6. The molecule has 2 aromatic carbocycles. The SMILES string of the molecule is C[C@@H](c1ccc(C2NC[C@H]2C(=N)C(=O)NC(C)(C)C)cc1)N1CC[C@](CC(C)(C)O)(c2ccccc2)OC1=O. The van der Waals surface area contributed by atoms with Gasteiger partial charge < -0.3 is 25.4 Å². The van der Waals surface area contributed by atoms with Gasteiger partial charge in [0.15, 0.2) is 0 Å². The molecule has 8 heteroatoms. The molecular weight excluding hydrogens is 492 g/mol. The van der Waals surface area contributed by atoms with Gasteiger partial charge in [-0.3, -0.25) is 10.2 Å². The molecule has 2 fully saturated rings. The van der Waals surface area contributed by atoms with Crippen LogP contribution >= 0.6 is 0 Å². The number of nitrogens with one attached hydrogen (secondary N) is 3. The largest absolute Gasteiger partial charge is 0.438 e. The maximum atomic E-state index is 13.3. The molecule has 2 aromatic rings. The second-order valence-electron chi connectivity index (χ2n) is 12.6. The topological polar surface area (TPSA) is 115 Å². The minimum atomic E-state index is -1.00. The molecule has 0 aromatic heterocycles. The van der Waals surface area contributed by atoms with Crippen molar-refractivity contribution in [2.24, 2.45) is 5.92 Å². The molecule has 2 aliphatic rings. The molecule has 4 N–H and O–H groups in total. The van der Waals surface area contributed by atoms with Gasteiger partial charge in [-0.25, -0.2) is 4.79 Å². The number of hydrogen-bond donors (Lipinski definition) is 4. The highest BCUT2D eigenvalue weighted by Gasteiger charge is 2.46. The minimum absolute atomic E-state index is 0.0927. The zero-order chi connectivity index (χ0) is 28.6. The van der Waals surface area contributed by atoms with Crippen molar-refractivity contribution in [3.63, 3.8) is 0 Å². The van der Waals surface area contributed by atoms with Crippen LogP contribution in [0.15, 0.2) is 54.6 Å². The van der Waals surface area contributed by atoms with E-state index in [9.17, 15) is 14.7 Å². The monoisotopic (exact) mass is 534 g/mol. The molecule has 39 heavy (non-hydrogen) atoms. The molecule has 2 amide bonds. The first-order valence-electron chi connectivity index (χ1n) is 13.7. The van der Waals surface area contributed by atoms with Gasteiger partial charge in [-0.15, -0.1) is 0 Å². The van der Waals surface area contributed by atoms with Crippen molar-refractivity contribution in [1.82, 2.24) is 15.5 Å². The molecule has 0 saturated carbocycles. The zero-order valence-corrected chi connectivity index (χ0v) is 23.9. The summed E-state index contributed by atoms with van der Waals surface area (Å²) in [6.45, 7) is 12.3. The van der Waals surface area contributed by atoms with Crippen LogP contribution in [-0.2, 0) is 15.1 Å². The van der Waals surface area contributed by atoms with E-state index in [0.717, 1.165) is 16.7 Å². The Labute approximate surface area is 231 Å². The van der Waals surface area contributed by atoms with E-state index in [1.807, 2.05) is 82.3 Å². The fourth-order valence-electron chi connectivity index (χ4n) is 5.60. The molecule has 0 bridgehead atoms. The molecule has 0 radical (unpaired) electrons. The fourth-order valence-corrected chi connectivity index (χ4v) is 5.60. The lowest BCUT2D eigenvalue weighted by Crippen LogP contribution is -2.55. The van der Waals surface area contributed by atoms with Gasteiger partial charge >= 0.3 is 6.09 Å². The molecule has 4 atom stereocenters. The van der Waals surface area contributed by atoms with Gasteiger partial charge in [-0.2, -0.15) is 0 Å². The Kier molecular flexibility index (Phi) is 7.92. The number of carbonyl (C=O) groups excluding carboxylic acids is 2. The van der Waals surface area contributed by atoms with Gasteiger partial charge in [0.2, 0.25) is 0 Å². The molecule has 210 valence electrons. The number of cyclic esters (lactones) is 1. The number of amides is 2. The zero-order valence-electron chi connectivity index (χ0n) is 23.9. The van der Waals surface area contributed by atoms with E-state index in [2.05, 4.69) is 10.6 Å². The number of nitrogens with zero attached hydrogens (tertiary/aromatic N) is 1. The molecule has 8 nitrogen and oxygen atoms in total. The van der Waals surface area contributed by atoms with Crippen LogP contribution < -0.4 is 10.6 Å².